The molecular formula is C16H24N4O13. The summed E-state index contributed by atoms with van der Waals surface area (Å²) in [6, 6.07) is -0.170. The SMILES string of the molecule is O=[N+]([O-])c1cc([N+](=O)[O-])c([O-])c([N+](=O)[O-])c1.OCC(CO)[NH2+][C@H]1C[C@H](CO)[C@@H](O)[C@H](O)[C@H]1O. The minimum atomic E-state index is -1.46. The molecule has 1 saturated carbocycles. The molecule has 1 aromatic rings. The molecule has 0 aromatic heterocycles. The van der Waals surface area contributed by atoms with E-state index in [1.165, 1.54) is 0 Å². The molecule has 1 aliphatic carbocycles. The van der Waals surface area contributed by atoms with Crippen LogP contribution in [0.5, 0.6) is 5.75 Å². The fourth-order valence-corrected chi connectivity index (χ4v) is 3.23. The number of benzene rings is 1. The second kappa shape index (κ2) is 12.3. The molecule has 17 nitrogen and oxygen atoms in total. The van der Waals surface area contributed by atoms with Gasteiger partial charge in [-0.3, -0.25) is 30.3 Å². The maximum absolute atomic E-state index is 11.1. The lowest BCUT2D eigenvalue weighted by molar-refractivity contribution is -0.734. The summed E-state index contributed by atoms with van der Waals surface area (Å²) in [7, 11) is 0. The molecule has 186 valence electrons. The van der Waals surface area contributed by atoms with Gasteiger partial charge in [0.25, 0.3) is 17.1 Å². The van der Waals surface area contributed by atoms with Gasteiger partial charge in [0.2, 0.25) is 0 Å². The molecule has 0 radical (unpaired) electrons. The van der Waals surface area contributed by atoms with E-state index in [1.54, 1.807) is 5.32 Å². The third-order valence-corrected chi connectivity index (χ3v) is 5.06. The highest BCUT2D eigenvalue weighted by Crippen LogP contribution is 2.36. The lowest BCUT2D eigenvalue weighted by atomic mass is 9.79. The van der Waals surface area contributed by atoms with Gasteiger partial charge >= 0.3 is 0 Å². The molecule has 0 saturated heterocycles. The molecule has 0 spiro atoms. The molecule has 0 aliphatic heterocycles. The van der Waals surface area contributed by atoms with Crippen LogP contribution in [0.4, 0.5) is 17.1 Å². The van der Waals surface area contributed by atoms with Crippen LogP contribution < -0.4 is 10.4 Å². The quantitative estimate of drug-likeness (QED) is 0.137. The number of non-ortho nitro benzene ring substituents is 1. The van der Waals surface area contributed by atoms with Crippen LogP contribution >= 0.6 is 0 Å². The van der Waals surface area contributed by atoms with Crippen molar-refractivity contribution >= 4 is 17.1 Å². The van der Waals surface area contributed by atoms with E-state index in [-0.39, 0.29) is 19.8 Å². The third kappa shape index (κ3) is 6.96. The zero-order valence-corrected chi connectivity index (χ0v) is 16.9. The lowest BCUT2D eigenvalue weighted by Gasteiger charge is -2.39. The van der Waals surface area contributed by atoms with Crippen molar-refractivity contribution < 1.29 is 55.8 Å². The molecule has 1 aromatic carbocycles. The van der Waals surface area contributed by atoms with Crippen LogP contribution in [-0.2, 0) is 0 Å². The van der Waals surface area contributed by atoms with Crippen LogP contribution in [0.15, 0.2) is 12.1 Å². The topological polar surface area (TPSA) is 290 Å². The summed E-state index contributed by atoms with van der Waals surface area (Å²) in [6.45, 7) is -0.775. The number of nitrogens with zero attached hydrogens (tertiary/aromatic N) is 3. The summed E-state index contributed by atoms with van der Waals surface area (Å²) < 4.78 is 0. The summed E-state index contributed by atoms with van der Waals surface area (Å²) in [4.78, 5) is 27.5. The van der Waals surface area contributed by atoms with E-state index in [0.717, 1.165) is 0 Å². The minimum absolute atomic E-state index is 0.248. The van der Waals surface area contributed by atoms with Gasteiger partial charge < -0.3 is 41.1 Å². The van der Waals surface area contributed by atoms with Gasteiger partial charge in [0.05, 0.1) is 52.0 Å². The van der Waals surface area contributed by atoms with Gasteiger partial charge in [0.15, 0.2) is 0 Å². The van der Waals surface area contributed by atoms with Gasteiger partial charge in [-0.05, 0) is 0 Å². The second-order valence-corrected chi connectivity index (χ2v) is 7.22. The van der Waals surface area contributed by atoms with Crippen LogP contribution in [0, 0.1) is 36.3 Å². The van der Waals surface area contributed by atoms with Crippen molar-refractivity contribution in [2.45, 2.75) is 36.8 Å². The molecular weight excluding hydrogens is 456 g/mol. The zero-order chi connectivity index (χ0) is 25.5. The minimum Gasteiger partial charge on any atom is -0.863 e. The molecule has 17 heteroatoms. The van der Waals surface area contributed by atoms with Crippen LogP contribution in [0.25, 0.3) is 0 Å². The molecule has 0 unspecified atom stereocenters. The van der Waals surface area contributed by atoms with Crippen molar-refractivity contribution in [3.8, 4) is 5.75 Å². The number of aliphatic hydroxyl groups excluding tert-OH is 6. The highest BCUT2D eigenvalue weighted by atomic mass is 16.6. The largest absolute Gasteiger partial charge is 0.863 e. The molecule has 1 fully saturated rings. The van der Waals surface area contributed by atoms with E-state index in [4.69, 9.17) is 15.3 Å². The Hall–Kier alpha value is -3.06. The van der Waals surface area contributed by atoms with Crippen molar-refractivity contribution in [2.24, 2.45) is 5.92 Å². The Bertz CT molecular complexity index is 811. The third-order valence-electron chi connectivity index (χ3n) is 5.06. The smallest absolute Gasteiger partial charge is 0.283 e. The van der Waals surface area contributed by atoms with Crippen LogP contribution in [0.3, 0.4) is 0 Å². The van der Waals surface area contributed by atoms with Crippen molar-refractivity contribution in [1.29, 1.82) is 0 Å². The zero-order valence-electron chi connectivity index (χ0n) is 16.9. The lowest BCUT2D eigenvalue weighted by Crippen LogP contribution is -3.00. The first-order chi connectivity index (χ1) is 15.4. The van der Waals surface area contributed by atoms with E-state index >= 15 is 0 Å². The van der Waals surface area contributed by atoms with Crippen LogP contribution in [-0.4, -0.2) is 95.6 Å². The molecule has 2 rings (SSSR count). The average Bonchev–Trinajstić information content (AvgIpc) is 2.77. The summed E-state index contributed by atoms with van der Waals surface area (Å²) in [5.74, 6) is -1.96. The Morgan fingerprint density at radius 3 is 1.73 bits per heavy atom. The Kier molecular flexibility index (Phi) is 10.4. The normalized spacial score (nSPS) is 24.6. The molecule has 0 heterocycles. The van der Waals surface area contributed by atoms with Crippen molar-refractivity contribution in [1.82, 2.24) is 0 Å². The number of nitro benzene ring substituents is 3. The summed E-state index contributed by atoms with van der Waals surface area (Å²) in [6.07, 6.45) is -3.30. The first-order valence-corrected chi connectivity index (χ1v) is 9.39. The number of nitro groups is 3. The van der Waals surface area contributed by atoms with Crippen molar-refractivity contribution in [3.05, 3.63) is 42.5 Å². The first kappa shape index (κ1) is 28.0. The Balaban J connectivity index is 0.000000331. The molecule has 0 amide bonds. The highest BCUT2D eigenvalue weighted by Gasteiger charge is 2.45. The molecule has 1 aliphatic rings. The molecule has 0 bridgehead atoms. The summed E-state index contributed by atoms with van der Waals surface area (Å²) >= 11 is 0. The fourth-order valence-electron chi connectivity index (χ4n) is 3.23. The average molecular weight is 480 g/mol. The Morgan fingerprint density at radius 2 is 1.36 bits per heavy atom. The predicted molar refractivity (Wildman–Crippen MR) is 103 cm³/mol. The number of aliphatic hydroxyl groups is 6. The van der Waals surface area contributed by atoms with Crippen molar-refractivity contribution in [3.63, 3.8) is 0 Å². The summed E-state index contributed by atoms with van der Waals surface area (Å²) in [5, 5.41) is 99.6. The number of nitrogens with two attached hydrogens (primary N) is 1. The van der Waals surface area contributed by atoms with E-state index in [1.807, 2.05) is 0 Å². The van der Waals surface area contributed by atoms with Gasteiger partial charge in [0.1, 0.15) is 24.3 Å². The molecule has 33 heavy (non-hydrogen) atoms. The van der Waals surface area contributed by atoms with Crippen LogP contribution in [0.1, 0.15) is 6.42 Å². The number of rotatable bonds is 8. The fraction of sp³-hybridized carbons (Fsp3) is 0.625. The number of hydrogen-bond donors (Lipinski definition) is 7. The second-order valence-electron chi connectivity index (χ2n) is 7.22. The molecule has 5 atom stereocenters. The first-order valence-electron chi connectivity index (χ1n) is 9.39. The van der Waals surface area contributed by atoms with Gasteiger partial charge in [-0.25, -0.2) is 0 Å². The Morgan fingerprint density at radius 1 is 0.879 bits per heavy atom. The van der Waals surface area contributed by atoms with Gasteiger partial charge in [0, 0.05) is 18.9 Å². The standard InChI is InChI=1S/C10H21NO6.C6H3N3O7/c12-2-5-1-7(11-6(3-13)4-14)9(16)10(17)8(5)15;10-6-4(8(13)14)1-3(7(11)12)2-5(6)9(15)16/h5-17H,1-4H2;1-2,10H/t5-,7+,8-,9+,10+;/m1./s1. The van der Waals surface area contributed by atoms with Gasteiger partial charge in [-0.15, -0.1) is 0 Å². The molecule has 8 N–H and O–H groups in total. The number of hydrogen-bond acceptors (Lipinski definition) is 13. The highest BCUT2D eigenvalue weighted by molar-refractivity contribution is 5.63. The summed E-state index contributed by atoms with van der Waals surface area (Å²) in [5.41, 5.74) is -3.26. The van der Waals surface area contributed by atoms with E-state index in [0.29, 0.717) is 18.6 Å². The van der Waals surface area contributed by atoms with E-state index in [2.05, 4.69) is 0 Å². The van der Waals surface area contributed by atoms with Crippen molar-refractivity contribution in [2.75, 3.05) is 19.8 Å². The van der Waals surface area contributed by atoms with Crippen LogP contribution in [0.2, 0.25) is 0 Å². The Labute approximate surface area is 184 Å². The predicted octanol–water partition coefficient (Wildman–Crippen LogP) is -4.15. The van der Waals surface area contributed by atoms with Gasteiger partial charge in [-0.2, -0.15) is 0 Å². The maximum atomic E-state index is 11.1. The number of quaternary nitrogens is 1. The maximum Gasteiger partial charge on any atom is 0.283 e. The van der Waals surface area contributed by atoms with E-state index < -0.39 is 73.9 Å². The monoisotopic (exact) mass is 480 g/mol. The van der Waals surface area contributed by atoms with E-state index in [9.17, 15) is 50.8 Å². The van der Waals surface area contributed by atoms with Gasteiger partial charge in [-0.1, -0.05) is 0 Å².